The number of hydrogen-bond donors (Lipinski definition) is 4. The first kappa shape index (κ1) is 21.9. The van der Waals surface area contributed by atoms with E-state index in [9.17, 15) is 14.7 Å². The van der Waals surface area contributed by atoms with Crippen LogP contribution in [0.15, 0.2) is 18.2 Å². The molecular weight excluding hydrogens is 445 g/mol. The number of amides is 2. The third-order valence-corrected chi connectivity index (χ3v) is 6.89. The lowest BCUT2D eigenvalue weighted by atomic mass is 9.60. The molecule has 0 radical (unpaired) electrons. The van der Waals surface area contributed by atoms with E-state index in [4.69, 9.17) is 27.9 Å². The molecule has 2 aromatic rings. The van der Waals surface area contributed by atoms with Gasteiger partial charge in [-0.15, -0.1) is 5.10 Å². The highest BCUT2D eigenvalue weighted by Crippen LogP contribution is 2.47. The second-order valence-corrected chi connectivity index (χ2v) is 9.08. The zero-order valence-electron chi connectivity index (χ0n) is 16.9. The number of aromatic nitrogens is 3. The van der Waals surface area contributed by atoms with Gasteiger partial charge in [-0.3, -0.25) is 14.7 Å². The SMILES string of the molecule is Cc1nc(C(=O)NC23CCC(NC(=O)COc4ccc(Cl)c(Cl)c4)(CC2)C(O)C3)n[nH]1. The van der Waals surface area contributed by atoms with Gasteiger partial charge in [0, 0.05) is 11.6 Å². The molecule has 0 saturated heterocycles. The number of fused-ring (bicyclic) bond motifs is 3. The number of nitrogens with zero attached hydrogens (tertiary/aromatic N) is 2. The summed E-state index contributed by atoms with van der Waals surface area (Å²) in [6.45, 7) is 1.51. The number of H-pyrrole nitrogens is 1. The van der Waals surface area contributed by atoms with Crippen molar-refractivity contribution in [3.8, 4) is 5.75 Å². The predicted molar refractivity (Wildman–Crippen MR) is 113 cm³/mol. The molecule has 11 heteroatoms. The van der Waals surface area contributed by atoms with E-state index in [0.29, 0.717) is 53.7 Å². The summed E-state index contributed by atoms with van der Waals surface area (Å²) >= 11 is 11.8. The summed E-state index contributed by atoms with van der Waals surface area (Å²) in [6.07, 6.45) is 1.90. The van der Waals surface area contributed by atoms with Gasteiger partial charge in [0.1, 0.15) is 11.6 Å². The Kier molecular flexibility index (Phi) is 5.85. The van der Waals surface area contributed by atoms with Gasteiger partial charge in [0.25, 0.3) is 11.8 Å². The van der Waals surface area contributed by atoms with Crippen molar-refractivity contribution in [2.45, 2.75) is 56.2 Å². The number of halogens is 2. The van der Waals surface area contributed by atoms with E-state index in [2.05, 4.69) is 25.8 Å². The molecule has 3 aliphatic carbocycles. The summed E-state index contributed by atoms with van der Waals surface area (Å²) in [6, 6.07) is 4.76. The zero-order valence-corrected chi connectivity index (χ0v) is 18.4. The van der Waals surface area contributed by atoms with Gasteiger partial charge >= 0.3 is 0 Å². The minimum Gasteiger partial charge on any atom is -0.484 e. The summed E-state index contributed by atoms with van der Waals surface area (Å²) in [5.41, 5.74) is -1.26. The average molecular weight is 468 g/mol. The molecule has 1 aromatic heterocycles. The lowest BCUT2D eigenvalue weighted by Crippen LogP contribution is -2.70. The number of aliphatic hydroxyl groups excluding tert-OH is 1. The summed E-state index contributed by atoms with van der Waals surface area (Å²) in [5, 5.41) is 24.1. The molecular formula is C20H23Cl2N5O4. The van der Waals surface area contributed by atoms with Crippen molar-refractivity contribution in [3.63, 3.8) is 0 Å². The van der Waals surface area contributed by atoms with Gasteiger partial charge in [0.2, 0.25) is 5.82 Å². The molecule has 5 rings (SSSR count). The average Bonchev–Trinajstić information content (AvgIpc) is 3.17. The Morgan fingerprint density at radius 3 is 2.58 bits per heavy atom. The van der Waals surface area contributed by atoms with E-state index in [-0.39, 0.29) is 24.2 Å². The number of rotatable bonds is 6. The first-order valence-electron chi connectivity index (χ1n) is 9.99. The van der Waals surface area contributed by atoms with Gasteiger partial charge in [0.05, 0.1) is 21.7 Å². The van der Waals surface area contributed by atoms with Crippen molar-refractivity contribution in [2.24, 2.45) is 0 Å². The molecule has 166 valence electrons. The molecule has 3 aliphatic rings. The highest BCUT2D eigenvalue weighted by atomic mass is 35.5. The maximum Gasteiger partial charge on any atom is 0.291 e. The number of hydrogen-bond acceptors (Lipinski definition) is 6. The van der Waals surface area contributed by atoms with E-state index in [1.807, 2.05) is 0 Å². The number of aliphatic hydroxyl groups is 1. The summed E-state index contributed by atoms with van der Waals surface area (Å²) < 4.78 is 5.50. The van der Waals surface area contributed by atoms with Gasteiger partial charge in [-0.2, -0.15) is 0 Å². The van der Waals surface area contributed by atoms with Crippen molar-refractivity contribution in [2.75, 3.05) is 6.61 Å². The number of nitrogens with one attached hydrogen (secondary N) is 3. The van der Waals surface area contributed by atoms with Gasteiger partial charge in [-0.05, 0) is 51.2 Å². The predicted octanol–water partition coefficient (Wildman–Crippen LogP) is 2.16. The monoisotopic (exact) mass is 467 g/mol. The molecule has 9 nitrogen and oxygen atoms in total. The highest BCUT2D eigenvalue weighted by Gasteiger charge is 2.55. The van der Waals surface area contributed by atoms with Crippen LogP contribution in [-0.2, 0) is 4.79 Å². The van der Waals surface area contributed by atoms with E-state index in [0.717, 1.165) is 0 Å². The molecule has 1 aromatic carbocycles. The Bertz CT molecular complexity index is 1000. The molecule has 0 spiro atoms. The van der Waals surface area contributed by atoms with Crippen LogP contribution in [0.4, 0.5) is 0 Å². The number of aromatic amines is 1. The number of carbonyl (C=O) groups is 2. The molecule has 1 heterocycles. The Morgan fingerprint density at radius 1 is 1.23 bits per heavy atom. The standard InChI is InChI=1S/C20H23Cl2N5O4/c1-11-23-17(27-26-11)18(30)25-19-4-6-20(7-5-19,15(28)9-19)24-16(29)10-31-12-2-3-13(21)14(22)8-12/h2-3,8,15,28H,4-7,9-10H2,1H3,(H,24,29)(H,25,30)(H,23,26,27). The molecule has 2 bridgehead atoms. The lowest BCUT2D eigenvalue weighted by molar-refractivity contribution is -0.132. The first-order valence-corrected chi connectivity index (χ1v) is 10.7. The Labute approximate surface area is 188 Å². The van der Waals surface area contributed by atoms with E-state index in [1.54, 1.807) is 19.1 Å². The van der Waals surface area contributed by atoms with E-state index >= 15 is 0 Å². The normalized spacial score (nSPS) is 27.0. The quantitative estimate of drug-likeness (QED) is 0.514. The van der Waals surface area contributed by atoms with Gasteiger partial charge in [-0.25, -0.2) is 4.98 Å². The van der Waals surface area contributed by atoms with E-state index in [1.165, 1.54) is 6.07 Å². The number of aryl methyl sites for hydroxylation is 1. The van der Waals surface area contributed by atoms with Gasteiger partial charge < -0.3 is 20.5 Å². The molecule has 0 aliphatic heterocycles. The maximum absolute atomic E-state index is 12.5. The number of carbonyl (C=O) groups excluding carboxylic acids is 2. The minimum absolute atomic E-state index is 0.0801. The van der Waals surface area contributed by atoms with Crippen LogP contribution in [0, 0.1) is 6.92 Å². The summed E-state index contributed by atoms with van der Waals surface area (Å²) in [4.78, 5) is 29.1. The Hall–Kier alpha value is -2.36. The molecule has 4 N–H and O–H groups in total. The van der Waals surface area contributed by atoms with E-state index < -0.39 is 17.2 Å². The smallest absolute Gasteiger partial charge is 0.291 e. The molecule has 1 unspecified atom stereocenters. The van der Waals surface area contributed by atoms with Crippen molar-refractivity contribution < 1.29 is 19.4 Å². The number of benzene rings is 1. The minimum atomic E-state index is -0.793. The second-order valence-electron chi connectivity index (χ2n) is 8.27. The topological polar surface area (TPSA) is 129 Å². The van der Waals surface area contributed by atoms with Crippen molar-refractivity contribution in [1.82, 2.24) is 25.8 Å². The molecule has 3 saturated carbocycles. The molecule has 1 atom stereocenters. The van der Waals surface area contributed by atoms with Crippen LogP contribution in [0.2, 0.25) is 10.0 Å². The number of ether oxygens (including phenoxy) is 1. The maximum atomic E-state index is 12.5. The third kappa shape index (κ3) is 4.49. The van der Waals surface area contributed by atoms with Crippen molar-refractivity contribution in [3.05, 3.63) is 39.9 Å². The zero-order chi connectivity index (χ0) is 22.2. The molecule has 2 amide bonds. The lowest BCUT2D eigenvalue weighted by Gasteiger charge is -2.56. The van der Waals surface area contributed by atoms with Gasteiger partial charge in [0.15, 0.2) is 6.61 Å². The van der Waals surface area contributed by atoms with Crippen LogP contribution in [0.25, 0.3) is 0 Å². The fraction of sp³-hybridized carbons (Fsp3) is 0.500. The largest absolute Gasteiger partial charge is 0.484 e. The Morgan fingerprint density at radius 2 is 1.97 bits per heavy atom. The Balaban J connectivity index is 1.34. The summed E-state index contributed by atoms with van der Waals surface area (Å²) in [5.74, 6) is 0.361. The van der Waals surface area contributed by atoms with Crippen LogP contribution >= 0.6 is 23.2 Å². The highest BCUT2D eigenvalue weighted by molar-refractivity contribution is 6.42. The fourth-order valence-electron chi connectivity index (χ4n) is 4.43. The molecule has 3 fully saturated rings. The van der Waals surface area contributed by atoms with Gasteiger partial charge in [-0.1, -0.05) is 23.2 Å². The van der Waals surface area contributed by atoms with Crippen molar-refractivity contribution >= 4 is 35.0 Å². The van der Waals surface area contributed by atoms with Crippen LogP contribution in [-0.4, -0.2) is 55.9 Å². The van der Waals surface area contributed by atoms with Crippen LogP contribution in [0.1, 0.15) is 48.5 Å². The molecule has 31 heavy (non-hydrogen) atoms. The summed E-state index contributed by atoms with van der Waals surface area (Å²) in [7, 11) is 0. The van der Waals surface area contributed by atoms with Crippen LogP contribution in [0.5, 0.6) is 5.75 Å². The first-order chi connectivity index (χ1) is 14.7. The fourth-order valence-corrected chi connectivity index (χ4v) is 4.72. The second kappa shape index (κ2) is 8.29. The van der Waals surface area contributed by atoms with Crippen LogP contribution in [0.3, 0.4) is 0 Å². The van der Waals surface area contributed by atoms with Crippen molar-refractivity contribution in [1.29, 1.82) is 0 Å². The van der Waals surface area contributed by atoms with Crippen LogP contribution < -0.4 is 15.4 Å². The third-order valence-electron chi connectivity index (χ3n) is 6.15.